The Balaban J connectivity index is 1.30. The molecule has 0 saturated carbocycles. The Kier molecular flexibility index (Phi) is 5.40. The summed E-state index contributed by atoms with van der Waals surface area (Å²) >= 11 is 0. The van der Waals surface area contributed by atoms with Gasteiger partial charge in [-0.25, -0.2) is 15.0 Å². The van der Waals surface area contributed by atoms with Crippen LogP contribution in [0, 0.1) is 0 Å². The van der Waals surface area contributed by atoms with E-state index in [1.54, 1.807) is 0 Å². The van der Waals surface area contributed by atoms with Crippen molar-refractivity contribution >= 4 is 16.3 Å². The van der Waals surface area contributed by atoms with Crippen LogP contribution in [0.4, 0.5) is 0 Å². The Morgan fingerprint density at radius 2 is 1.07 bits per heavy atom. The van der Waals surface area contributed by atoms with Crippen molar-refractivity contribution in [2.24, 2.45) is 0 Å². The highest BCUT2D eigenvalue weighted by Gasteiger charge is 2.40. The molecule has 0 saturated heterocycles. The first-order chi connectivity index (χ1) is 22.0. The normalized spacial score (nSPS) is 13.8. The minimum absolute atomic E-state index is 0.0746. The van der Waals surface area contributed by atoms with Crippen molar-refractivity contribution in [2.75, 3.05) is 0 Å². The van der Waals surface area contributed by atoms with Crippen LogP contribution < -0.4 is 0 Å². The zero-order chi connectivity index (χ0) is 30.3. The number of aromatic nitrogens is 3. The molecule has 2 aliphatic carbocycles. The van der Waals surface area contributed by atoms with Crippen LogP contribution in [0.25, 0.3) is 72.8 Å². The summed E-state index contributed by atoms with van der Waals surface area (Å²) in [5.41, 5.74) is 13.9. The fraction of sp³-hybridized carbons (Fsp3) is 0.0714. The van der Waals surface area contributed by atoms with Gasteiger partial charge < -0.3 is 0 Å². The molecular formula is C42H29N3. The maximum absolute atomic E-state index is 5.19. The molecule has 212 valence electrons. The van der Waals surface area contributed by atoms with Gasteiger partial charge in [0.05, 0.1) is 0 Å². The first kappa shape index (κ1) is 25.8. The van der Waals surface area contributed by atoms with Crippen molar-refractivity contribution < 1.29 is 0 Å². The highest BCUT2D eigenvalue weighted by atomic mass is 15.0. The van der Waals surface area contributed by atoms with Gasteiger partial charge in [0.25, 0.3) is 0 Å². The summed E-state index contributed by atoms with van der Waals surface area (Å²) in [4.78, 5) is 15.4. The Bertz CT molecular complexity index is 2360. The van der Waals surface area contributed by atoms with Gasteiger partial charge >= 0.3 is 0 Å². The molecule has 0 unspecified atom stereocenters. The second-order valence-electron chi connectivity index (χ2n) is 12.5. The number of hydrogen-bond acceptors (Lipinski definition) is 3. The van der Waals surface area contributed by atoms with E-state index in [0.717, 1.165) is 38.6 Å². The van der Waals surface area contributed by atoms with Crippen molar-refractivity contribution in [1.29, 1.82) is 0 Å². The monoisotopic (exact) mass is 575 g/mol. The van der Waals surface area contributed by atoms with Crippen LogP contribution in [0.15, 0.2) is 134 Å². The number of benzene rings is 6. The molecule has 0 aliphatic heterocycles. The molecular weight excluding hydrogens is 546 g/mol. The van der Waals surface area contributed by atoms with E-state index < -0.39 is 0 Å². The second-order valence-corrected chi connectivity index (χ2v) is 12.5. The SMILES string of the molecule is C=C1c2ccc3c(c2-c2cccc(-c4nc(-c5ccccc5)nc(-c5cccc6ccccc56)n4)c21)-c1ccccc1C3(C)C. The third-order valence-corrected chi connectivity index (χ3v) is 9.65. The standard InChI is InChI=1S/C42H29N3/c1-25-28-23-24-35-38(31-18-9-10-22-34(31)42(35,2)3)37(28)32-20-12-21-33(36(25)32)41-44-39(27-14-5-4-6-15-27)43-40(45-41)30-19-11-16-26-13-7-8-17-29(26)30/h4-24H,1H2,2-3H3. The van der Waals surface area contributed by atoms with Crippen LogP contribution in [0.1, 0.15) is 36.1 Å². The van der Waals surface area contributed by atoms with Gasteiger partial charge in [0.2, 0.25) is 0 Å². The number of nitrogens with zero attached hydrogens (tertiary/aromatic N) is 3. The number of hydrogen-bond donors (Lipinski definition) is 0. The van der Waals surface area contributed by atoms with Gasteiger partial charge in [-0.3, -0.25) is 0 Å². The summed E-state index contributed by atoms with van der Waals surface area (Å²) in [7, 11) is 0. The quantitative estimate of drug-likeness (QED) is 0.210. The lowest BCUT2D eigenvalue weighted by Crippen LogP contribution is -2.14. The second kappa shape index (κ2) is 9.41. The Morgan fingerprint density at radius 1 is 0.444 bits per heavy atom. The first-order valence-corrected chi connectivity index (χ1v) is 15.4. The van der Waals surface area contributed by atoms with E-state index in [0.29, 0.717) is 17.5 Å². The van der Waals surface area contributed by atoms with Gasteiger partial charge in [0.1, 0.15) is 0 Å². The van der Waals surface area contributed by atoms with E-state index in [9.17, 15) is 0 Å². The largest absolute Gasteiger partial charge is 0.208 e. The third kappa shape index (κ3) is 3.67. The lowest BCUT2D eigenvalue weighted by molar-refractivity contribution is 0.660. The predicted octanol–water partition coefficient (Wildman–Crippen LogP) is 10.4. The van der Waals surface area contributed by atoms with Gasteiger partial charge in [-0.2, -0.15) is 0 Å². The molecule has 3 heteroatoms. The van der Waals surface area contributed by atoms with Crippen LogP contribution >= 0.6 is 0 Å². The van der Waals surface area contributed by atoms with Gasteiger partial charge in [0.15, 0.2) is 17.5 Å². The highest BCUT2D eigenvalue weighted by molar-refractivity contribution is 6.11. The average molecular weight is 576 g/mol. The molecule has 0 fully saturated rings. The Labute approximate surface area is 262 Å². The molecule has 0 atom stereocenters. The Morgan fingerprint density at radius 3 is 1.93 bits per heavy atom. The summed E-state index contributed by atoms with van der Waals surface area (Å²) in [6, 6.07) is 44.7. The lowest BCUT2D eigenvalue weighted by Gasteiger charge is -2.21. The molecule has 1 aromatic heterocycles. The molecule has 0 amide bonds. The van der Waals surface area contributed by atoms with Crippen LogP contribution in [-0.2, 0) is 5.41 Å². The minimum Gasteiger partial charge on any atom is -0.208 e. The number of fused-ring (bicyclic) bond motifs is 8. The fourth-order valence-electron chi connectivity index (χ4n) is 7.49. The van der Waals surface area contributed by atoms with Crippen molar-refractivity contribution in [2.45, 2.75) is 19.3 Å². The van der Waals surface area contributed by atoms with Gasteiger partial charge in [-0.1, -0.05) is 148 Å². The van der Waals surface area contributed by atoms with Crippen molar-refractivity contribution in [3.8, 4) is 56.4 Å². The summed E-state index contributed by atoms with van der Waals surface area (Å²) in [5.74, 6) is 1.96. The molecule has 3 nitrogen and oxygen atoms in total. The third-order valence-electron chi connectivity index (χ3n) is 9.65. The maximum atomic E-state index is 5.19. The molecule has 6 aromatic carbocycles. The zero-order valence-corrected chi connectivity index (χ0v) is 25.2. The van der Waals surface area contributed by atoms with E-state index in [1.807, 2.05) is 18.2 Å². The maximum Gasteiger partial charge on any atom is 0.164 e. The molecule has 9 rings (SSSR count). The Hall–Kier alpha value is -5.67. The van der Waals surface area contributed by atoms with E-state index in [4.69, 9.17) is 15.0 Å². The van der Waals surface area contributed by atoms with E-state index in [-0.39, 0.29) is 5.41 Å². The van der Waals surface area contributed by atoms with Crippen LogP contribution in [0.5, 0.6) is 0 Å². The van der Waals surface area contributed by atoms with Gasteiger partial charge in [0, 0.05) is 27.7 Å². The van der Waals surface area contributed by atoms with Gasteiger partial charge in [-0.05, 0) is 55.3 Å². The topological polar surface area (TPSA) is 38.7 Å². The van der Waals surface area contributed by atoms with Gasteiger partial charge in [-0.15, -0.1) is 0 Å². The molecule has 1 heterocycles. The lowest BCUT2D eigenvalue weighted by atomic mass is 9.81. The summed E-state index contributed by atoms with van der Waals surface area (Å²) < 4.78 is 0. The summed E-state index contributed by atoms with van der Waals surface area (Å²) in [5, 5.41) is 2.27. The molecule has 0 N–H and O–H groups in total. The summed E-state index contributed by atoms with van der Waals surface area (Å²) in [6.07, 6.45) is 0. The molecule has 0 bridgehead atoms. The smallest absolute Gasteiger partial charge is 0.164 e. The molecule has 45 heavy (non-hydrogen) atoms. The van der Waals surface area contributed by atoms with Crippen LogP contribution in [-0.4, -0.2) is 15.0 Å². The highest BCUT2D eigenvalue weighted by Crippen LogP contribution is 2.58. The van der Waals surface area contributed by atoms with Crippen LogP contribution in [0.3, 0.4) is 0 Å². The molecule has 0 radical (unpaired) electrons. The van der Waals surface area contributed by atoms with E-state index >= 15 is 0 Å². The van der Waals surface area contributed by atoms with Crippen molar-refractivity contribution in [3.63, 3.8) is 0 Å². The average Bonchev–Trinajstić information content (AvgIpc) is 3.52. The van der Waals surface area contributed by atoms with E-state index in [2.05, 4.69) is 130 Å². The van der Waals surface area contributed by atoms with Crippen molar-refractivity contribution in [3.05, 3.63) is 156 Å². The summed E-state index contributed by atoms with van der Waals surface area (Å²) in [6.45, 7) is 9.33. The van der Waals surface area contributed by atoms with E-state index in [1.165, 1.54) is 38.9 Å². The predicted molar refractivity (Wildman–Crippen MR) is 185 cm³/mol. The first-order valence-electron chi connectivity index (χ1n) is 15.4. The number of rotatable bonds is 3. The molecule has 0 spiro atoms. The molecule has 7 aromatic rings. The minimum atomic E-state index is -0.0746. The fourth-order valence-corrected chi connectivity index (χ4v) is 7.49. The van der Waals surface area contributed by atoms with Crippen LogP contribution in [0.2, 0.25) is 0 Å². The van der Waals surface area contributed by atoms with Crippen molar-refractivity contribution in [1.82, 2.24) is 15.0 Å². The molecule has 2 aliphatic rings. The zero-order valence-electron chi connectivity index (χ0n) is 25.2.